The monoisotopic (exact) mass is 237 g/mol. The van der Waals surface area contributed by atoms with Gasteiger partial charge in [0.2, 0.25) is 0 Å². The van der Waals surface area contributed by atoms with Crippen LogP contribution in [0.25, 0.3) is 0 Å². The summed E-state index contributed by atoms with van der Waals surface area (Å²) >= 11 is 0. The number of benzene rings is 2. The predicted molar refractivity (Wildman–Crippen MR) is 75.3 cm³/mol. The largest absolute Gasteiger partial charge is 0.321 e. The Hall–Kier alpha value is -1.60. The number of nitrogens with two attached hydrogens (primary N) is 1. The van der Waals surface area contributed by atoms with Crippen LogP contribution in [0.15, 0.2) is 60.7 Å². The summed E-state index contributed by atoms with van der Waals surface area (Å²) in [6, 6.07) is 21.3. The van der Waals surface area contributed by atoms with E-state index in [1.54, 1.807) is 0 Å². The highest BCUT2D eigenvalue weighted by atomic mass is 14.8. The molecule has 2 aromatic rings. The molecule has 0 radical (unpaired) electrons. The van der Waals surface area contributed by atoms with Gasteiger partial charge in [0.1, 0.15) is 0 Å². The number of rotatable bonds is 2. The molecule has 2 aromatic carbocycles. The summed E-state index contributed by atoms with van der Waals surface area (Å²) in [5.41, 5.74) is 9.22. The topological polar surface area (TPSA) is 26.0 Å². The van der Waals surface area contributed by atoms with Crippen LogP contribution < -0.4 is 5.73 Å². The van der Waals surface area contributed by atoms with Crippen molar-refractivity contribution in [3.63, 3.8) is 0 Å². The molecule has 0 aromatic heterocycles. The molecule has 1 saturated carbocycles. The zero-order valence-electron chi connectivity index (χ0n) is 10.5. The molecule has 1 heteroatoms. The summed E-state index contributed by atoms with van der Waals surface area (Å²) in [5, 5.41) is 0. The van der Waals surface area contributed by atoms with Crippen LogP contribution in [0.2, 0.25) is 0 Å². The lowest BCUT2D eigenvalue weighted by atomic mass is 9.78. The van der Waals surface area contributed by atoms with Crippen molar-refractivity contribution in [2.24, 2.45) is 5.73 Å². The van der Waals surface area contributed by atoms with E-state index < -0.39 is 0 Å². The third kappa shape index (κ3) is 1.85. The van der Waals surface area contributed by atoms with Crippen molar-refractivity contribution in [2.45, 2.75) is 30.7 Å². The molecule has 1 aliphatic carbocycles. The molecule has 0 amide bonds. The molecule has 0 spiro atoms. The fourth-order valence-corrected chi connectivity index (χ4v) is 3.27. The molecule has 3 rings (SSSR count). The van der Waals surface area contributed by atoms with Crippen molar-refractivity contribution in [1.29, 1.82) is 0 Å². The first kappa shape index (κ1) is 11.5. The first-order valence-corrected chi connectivity index (χ1v) is 6.70. The molecule has 0 bridgehead atoms. The fraction of sp³-hybridized carbons (Fsp3) is 0.294. The second kappa shape index (κ2) is 4.58. The van der Waals surface area contributed by atoms with Crippen LogP contribution in [0, 0.1) is 0 Å². The van der Waals surface area contributed by atoms with Crippen molar-refractivity contribution in [3.8, 4) is 0 Å². The lowest BCUT2D eigenvalue weighted by Crippen LogP contribution is -2.38. The van der Waals surface area contributed by atoms with E-state index in [1.165, 1.54) is 24.0 Å². The van der Waals surface area contributed by atoms with E-state index in [-0.39, 0.29) is 5.54 Å². The Labute approximate surface area is 109 Å². The number of hydrogen-bond donors (Lipinski definition) is 1. The summed E-state index contributed by atoms with van der Waals surface area (Å²) < 4.78 is 0. The molecule has 1 nitrogen and oxygen atoms in total. The highest BCUT2D eigenvalue weighted by molar-refractivity contribution is 5.34. The van der Waals surface area contributed by atoms with Gasteiger partial charge in [-0.3, -0.25) is 0 Å². The van der Waals surface area contributed by atoms with Gasteiger partial charge in [0.25, 0.3) is 0 Å². The maximum atomic E-state index is 6.76. The molecule has 2 N–H and O–H groups in total. The van der Waals surface area contributed by atoms with Crippen molar-refractivity contribution in [1.82, 2.24) is 0 Å². The van der Waals surface area contributed by atoms with Gasteiger partial charge in [-0.05, 0) is 24.0 Å². The molecule has 0 aliphatic heterocycles. The average Bonchev–Trinajstić information content (AvgIpc) is 2.84. The van der Waals surface area contributed by atoms with Crippen LogP contribution in [0.5, 0.6) is 0 Å². The normalized spacial score (nSPS) is 27.3. The highest BCUT2D eigenvalue weighted by Gasteiger charge is 2.41. The predicted octanol–water partition coefficient (Wildman–Crippen LogP) is 3.81. The van der Waals surface area contributed by atoms with E-state index in [0.29, 0.717) is 5.92 Å². The standard InChI is InChI=1S/C17H19N/c18-17(15-10-5-2-6-11-15)13-7-12-16(17)14-8-3-1-4-9-14/h1-6,8-11,16H,7,12-13,18H2. The van der Waals surface area contributed by atoms with Crippen molar-refractivity contribution in [2.75, 3.05) is 0 Å². The zero-order valence-corrected chi connectivity index (χ0v) is 10.5. The van der Waals surface area contributed by atoms with Gasteiger partial charge in [-0.2, -0.15) is 0 Å². The summed E-state index contributed by atoms with van der Waals surface area (Å²) in [6.45, 7) is 0. The Bertz CT molecular complexity index is 506. The van der Waals surface area contributed by atoms with Gasteiger partial charge in [-0.25, -0.2) is 0 Å². The maximum Gasteiger partial charge on any atom is 0.0479 e. The van der Waals surface area contributed by atoms with Gasteiger partial charge >= 0.3 is 0 Å². The highest BCUT2D eigenvalue weighted by Crippen LogP contribution is 2.47. The zero-order chi connectivity index (χ0) is 12.4. The second-order valence-electron chi connectivity index (χ2n) is 5.26. The van der Waals surface area contributed by atoms with Crippen LogP contribution >= 0.6 is 0 Å². The van der Waals surface area contributed by atoms with E-state index in [1.807, 2.05) is 0 Å². The Morgan fingerprint density at radius 2 is 1.50 bits per heavy atom. The van der Waals surface area contributed by atoms with Crippen molar-refractivity contribution < 1.29 is 0 Å². The Kier molecular flexibility index (Phi) is 2.92. The summed E-state index contributed by atoms with van der Waals surface area (Å²) in [6.07, 6.45) is 3.48. The summed E-state index contributed by atoms with van der Waals surface area (Å²) in [4.78, 5) is 0. The van der Waals surface area contributed by atoms with Gasteiger partial charge in [0, 0.05) is 11.5 Å². The first-order valence-electron chi connectivity index (χ1n) is 6.70. The summed E-state index contributed by atoms with van der Waals surface area (Å²) in [5.74, 6) is 0.445. The molecule has 0 saturated heterocycles. The van der Waals surface area contributed by atoms with E-state index in [0.717, 1.165) is 6.42 Å². The fourth-order valence-electron chi connectivity index (χ4n) is 3.27. The smallest absolute Gasteiger partial charge is 0.0479 e. The van der Waals surface area contributed by atoms with E-state index in [9.17, 15) is 0 Å². The van der Waals surface area contributed by atoms with Gasteiger partial charge in [-0.15, -0.1) is 0 Å². The Morgan fingerprint density at radius 1 is 0.889 bits per heavy atom. The second-order valence-corrected chi connectivity index (χ2v) is 5.26. The van der Waals surface area contributed by atoms with Crippen LogP contribution in [-0.2, 0) is 5.54 Å². The van der Waals surface area contributed by atoms with Crippen molar-refractivity contribution >= 4 is 0 Å². The summed E-state index contributed by atoms with van der Waals surface area (Å²) in [7, 11) is 0. The average molecular weight is 237 g/mol. The lowest BCUT2D eigenvalue weighted by Gasteiger charge is -2.32. The van der Waals surface area contributed by atoms with Crippen LogP contribution in [0.3, 0.4) is 0 Å². The molecular weight excluding hydrogens is 218 g/mol. The van der Waals surface area contributed by atoms with Crippen molar-refractivity contribution in [3.05, 3.63) is 71.8 Å². The minimum atomic E-state index is -0.192. The van der Waals surface area contributed by atoms with Gasteiger partial charge < -0.3 is 5.73 Å². The van der Waals surface area contributed by atoms with Gasteiger partial charge in [0.15, 0.2) is 0 Å². The quantitative estimate of drug-likeness (QED) is 0.844. The van der Waals surface area contributed by atoms with Crippen LogP contribution in [0.4, 0.5) is 0 Å². The molecule has 92 valence electrons. The molecule has 2 unspecified atom stereocenters. The molecule has 2 atom stereocenters. The van der Waals surface area contributed by atoms with E-state index >= 15 is 0 Å². The molecule has 1 fully saturated rings. The van der Waals surface area contributed by atoms with Crippen LogP contribution in [-0.4, -0.2) is 0 Å². The SMILES string of the molecule is NC1(c2ccccc2)CCCC1c1ccccc1. The van der Waals surface area contributed by atoms with Gasteiger partial charge in [0.05, 0.1) is 0 Å². The third-order valence-corrected chi connectivity index (χ3v) is 4.22. The lowest BCUT2D eigenvalue weighted by molar-refractivity contribution is 0.406. The number of hydrogen-bond acceptors (Lipinski definition) is 1. The maximum absolute atomic E-state index is 6.76. The Morgan fingerprint density at radius 3 is 2.17 bits per heavy atom. The first-order chi connectivity index (χ1) is 8.81. The molecule has 0 heterocycles. The van der Waals surface area contributed by atoms with E-state index in [4.69, 9.17) is 5.73 Å². The molecule has 18 heavy (non-hydrogen) atoms. The minimum Gasteiger partial charge on any atom is -0.321 e. The Balaban J connectivity index is 2.01. The van der Waals surface area contributed by atoms with Crippen LogP contribution in [0.1, 0.15) is 36.3 Å². The molecule has 1 aliphatic rings. The van der Waals surface area contributed by atoms with Gasteiger partial charge in [-0.1, -0.05) is 67.1 Å². The molecular formula is C17H19N. The third-order valence-electron chi connectivity index (χ3n) is 4.22. The minimum absolute atomic E-state index is 0.192. The van der Waals surface area contributed by atoms with E-state index in [2.05, 4.69) is 60.7 Å².